The molecule has 0 aliphatic carbocycles. The summed E-state index contributed by atoms with van der Waals surface area (Å²) in [4.78, 5) is 37.3. The summed E-state index contributed by atoms with van der Waals surface area (Å²) in [6.45, 7) is 3.79. The second kappa shape index (κ2) is 8.39. The van der Waals surface area contributed by atoms with Crippen molar-refractivity contribution < 1.29 is 9.53 Å². The van der Waals surface area contributed by atoms with E-state index in [9.17, 15) is 9.59 Å². The molecule has 9 nitrogen and oxygen atoms in total. The lowest BCUT2D eigenvalue weighted by Crippen LogP contribution is -2.13. The number of fused-ring (bicyclic) bond motifs is 1. The largest absolute Gasteiger partial charge is 0.437 e. The van der Waals surface area contributed by atoms with Gasteiger partial charge in [-0.25, -0.2) is 9.97 Å². The number of anilines is 1. The van der Waals surface area contributed by atoms with Crippen LogP contribution in [0.3, 0.4) is 0 Å². The number of hydrogen-bond donors (Lipinski definition) is 2. The van der Waals surface area contributed by atoms with E-state index in [0.717, 1.165) is 16.8 Å². The second-order valence-corrected chi connectivity index (χ2v) is 7.22. The van der Waals surface area contributed by atoms with Crippen LogP contribution in [-0.4, -0.2) is 30.6 Å². The first-order chi connectivity index (χ1) is 14.9. The molecular formula is C22H22N6O3. The first kappa shape index (κ1) is 20.3. The number of benzene rings is 1. The van der Waals surface area contributed by atoms with Gasteiger partial charge in [-0.2, -0.15) is 0 Å². The third kappa shape index (κ3) is 4.30. The minimum Gasteiger partial charge on any atom is -0.437 e. The van der Waals surface area contributed by atoms with E-state index < -0.39 is 0 Å². The van der Waals surface area contributed by atoms with Crippen molar-refractivity contribution in [3.8, 4) is 11.6 Å². The maximum Gasteiger partial charge on any atom is 0.273 e. The Bertz CT molecular complexity index is 1310. The standard InChI is InChI=1S/C22H22N6O3/c1-13-17(14(2)25-21-20(13)22(30)27-28(21)3)7-8-18(29)26-15-5-4-6-16(11-15)31-19-12-23-9-10-24-19/h4-6,9-12H,7-8H2,1-3H3,(H,26,29)(H,27,30). The van der Waals surface area contributed by atoms with Crippen LogP contribution in [-0.2, 0) is 18.3 Å². The van der Waals surface area contributed by atoms with Crippen LogP contribution in [0.5, 0.6) is 11.6 Å². The molecule has 0 fully saturated rings. The number of H-pyrrole nitrogens is 1. The van der Waals surface area contributed by atoms with Crippen LogP contribution in [0.25, 0.3) is 11.0 Å². The van der Waals surface area contributed by atoms with Crippen LogP contribution >= 0.6 is 0 Å². The lowest BCUT2D eigenvalue weighted by molar-refractivity contribution is -0.116. The minimum absolute atomic E-state index is 0.141. The molecule has 31 heavy (non-hydrogen) atoms. The molecule has 158 valence electrons. The van der Waals surface area contributed by atoms with Gasteiger partial charge >= 0.3 is 0 Å². The van der Waals surface area contributed by atoms with Gasteiger partial charge < -0.3 is 10.1 Å². The number of carbonyl (C=O) groups excluding carboxylic acids is 1. The van der Waals surface area contributed by atoms with Crippen LogP contribution in [0, 0.1) is 13.8 Å². The first-order valence-corrected chi connectivity index (χ1v) is 9.81. The van der Waals surface area contributed by atoms with Crippen LogP contribution in [0.2, 0.25) is 0 Å². The molecule has 0 spiro atoms. The fourth-order valence-corrected chi connectivity index (χ4v) is 3.57. The van der Waals surface area contributed by atoms with Gasteiger partial charge in [-0.1, -0.05) is 6.07 Å². The number of aryl methyl sites for hydroxylation is 3. The summed E-state index contributed by atoms with van der Waals surface area (Å²) in [7, 11) is 1.75. The third-order valence-corrected chi connectivity index (χ3v) is 5.06. The van der Waals surface area contributed by atoms with E-state index in [1.54, 1.807) is 48.4 Å². The Kier molecular flexibility index (Phi) is 5.48. The molecule has 1 aromatic carbocycles. The Morgan fingerprint density at radius 1 is 1.26 bits per heavy atom. The van der Waals surface area contributed by atoms with Gasteiger partial charge in [-0.05, 0) is 43.5 Å². The molecule has 0 radical (unpaired) electrons. The maximum atomic E-state index is 12.5. The summed E-state index contributed by atoms with van der Waals surface area (Å²) in [5, 5.41) is 6.18. The zero-order chi connectivity index (χ0) is 22.0. The van der Waals surface area contributed by atoms with Gasteiger partial charge in [-0.3, -0.25) is 24.4 Å². The van der Waals surface area contributed by atoms with E-state index in [1.807, 2.05) is 13.8 Å². The summed E-state index contributed by atoms with van der Waals surface area (Å²) in [5.74, 6) is 0.774. The van der Waals surface area contributed by atoms with Crippen molar-refractivity contribution >= 4 is 22.6 Å². The number of nitrogens with zero attached hydrogens (tertiary/aromatic N) is 4. The van der Waals surface area contributed by atoms with Crippen molar-refractivity contribution in [2.45, 2.75) is 26.7 Å². The van der Waals surface area contributed by atoms with Crippen molar-refractivity contribution in [1.29, 1.82) is 0 Å². The van der Waals surface area contributed by atoms with Gasteiger partial charge in [0.05, 0.1) is 11.6 Å². The zero-order valence-electron chi connectivity index (χ0n) is 17.5. The molecule has 4 rings (SSSR count). The SMILES string of the molecule is Cc1nc2c(c(C)c1CCC(=O)Nc1cccc(Oc3cnccn3)c1)c(=O)[nH]n2C. The maximum absolute atomic E-state index is 12.5. The predicted molar refractivity (Wildman–Crippen MR) is 116 cm³/mol. The molecular weight excluding hydrogens is 396 g/mol. The predicted octanol–water partition coefficient (Wildman–Crippen LogP) is 3.03. The molecule has 0 aliphatic rings. The van der Waals surface area contributed by atoms with Gasteiger partial charge in [-0.15, -0.1) is 0 Å². The van der Waals surface area contributed by atoms with E-state index in [2.05, 4.69) is 25.4 Å². The molecule has 4 aromatic rings. The van der Waals surface area contributed by atoms with Crippen LogP contribution in [0.4, 0.5) is 5.69 Å². The van der Waals surface area contributed by atoms with Crippen molar-refractivity contribution in [3.63, 3.8) is 0 Å². The van der Waals surface area contributed by atoms with Crippen molar-refractivity contribution in [1.82, 2.24) is 24.7 Å². The highest BCUT2D eigenvalue weighted by molar-refractivity contribution is 5.91. The summed E-state index contributed by atoms with van der Waals surface area (Å²) in [5.41, 5.74) is 3.65. The Labute approximate surface area is 178 Å². The molecule has 1 amide bonds. The Morgan fingerprint density at radius 2 is 2.10 bits per heavy atom. The van der Waals surface area contributed by atoms with Crippen LogP contribution in [0.1, 0.15) is 23.2 Å². The third-order valence-electron chi connectivity index (χ3n) is 5.06. The number of aromatic amines is 1. The quantitative estimate of drug-likeness (QED) is 0.497. The number of ether oxygens (including phenoxy) is 1. The molecule has 3 heterocycles. The molecule has 0 atom stereocenters. The number of nitrogens with one attached hydrogen (secondary N) is 2. The molecule has 0 bridgehead atoms. The van der Waals surface area contributed by atoms with Crippen molar-refractivity contribution in [2.24, 2.45) is 7.05 Å². The van der Waals surface area contributed by atoms with E-state index in [4.69, 9.17) is 4.74 Å². The van der Waals surface area contributed by atoms with Gasteiger partial charge in [0.25, 0.3) is 5.56 Å². The van der Waals surface area contributed by atoms with E-state index in [0.29, 0.717) is 34.8 Å². The highest BCUT2D eigenvalue weighted by Crippen LogP contribution is 2.23. The molecule has 0 aliphatic heterocycles. The van der Waals surface area contributed by atoms with Gasteiger partial charge in [0, 0.05) is 43.3 Å². The molecule has 3 aromatic heterocycles. The first-order valence-electron chi connectivity index (χ1n) is 9.81. The van der Waals surface area contributed by atoms with E-state index >= 15 is 0 Å². The second-order valence-electron chi connectivity index (χ2n) is 7.22. The number of pyridine rings is 1. The van der Waals surface area contributed by atoms with E-state index in [-0.39, 0.29) is 17.9 Å². The number of carbonyl (C=O) groups is 1. The summed E-state index contributed by atoms with van der Waals surface area (Å²) in [6.07, 6.45) is 5.36. The van der Waals surface area contributed by atoms with E-state index in [1.165, 1.54) is 6.20 Å². The topological polar surface area (TPSA) is 115 Å². The fraction of sp³-hybridized carbons (Fsp3) is 0.227. The summed E-state index contributed by atoms with van der Waals surface area (Å²) in [6, 6.07) is 7.07. The summed E-state index contributed by atoms with van der Waals surface area (Å²) < 4.78 is 7.26. The molecule has 0 saturated carbocycles. The number of aromatic nitrogens is 5. The van der Waals surface area contributed by atoms with Crippen molar-refractivity contribution in [3.05, 3.63) is 70.0 Å². The van der Waals surface area contributed by atoms with Gasteiger partial charge in [0.1, 0.15) is 5.75 Å². The van der Waals surface area contributed by atoms with Gasteiger partial charge in [0.15, 0.2) is 5.65 Å². The normalized spacial score (nSPS) is 10.9. The fourth-order valence-electron chi connectivity index (χ4n) is 3.57. The number of rotatable bonds is 6. The highest BCUT2D eigenvalue weighted by Gasteiger charge is 2.16. The molecule has 0 saturated heterocycles. The Balaban J connectivity index is 1.45. The smallest absolute Gasteiger partial charge is 0.273 e. The minimum atomic E-state index is -0.173. The Morgan fingerprint density at radius 3 is 2.87 bits per heavy atom. The lowest BCUT2D eigenvalue weighted by atomic mass is 10.00. The molecule has 2 N–H and O–H groups in total. The van der Waals surface area contributed by atoms with Crippen molar-refractivity contribution in [2.75, 3.05) is 5.32 Å². The molecule has 0 unspecified atom stereocenters. The highest BCUT2D eigenvalue weighted by atomic mass is 16.5. The lowest BCUT2D eigenvalue weighted by Gasteiger charge is -2.11. The average Bonchev–Trinajstić information content (AvgIpc) is 3.02. The average molecular weight is 418 g/mol. The zero-order valence-corrected chi connectivity index (χ0v) is 17.5. The summed E-state index contributed by atoms with van der Waals surface area (Å²) >= 11 is 0. The number of amides is 1. The van der Waals surface area contributed by atoms with Gasteiger partial charge in [0.2, 0.25) is 11.8 Å². The van der Waals surface area contributed by atoms with Crippen LogP contribution < -0.4 is 15.6 Å². The molecule has 9 heteroatoms. The van der Waals surface area contributed by atoms with Crippen LogP contribution in [0.15, 0.2) is 47.7 Å². The number of hydrogen-bond acceptors (Lipinski definition) is 6. The monoisotopic (exact) mass is 418 g/mol. The Hall–Kier alpha value is -4.01.